The van der Waals surface area contributed by atoms with E-state index in [1.165, 1.54) is 6.33 Å². The minimum absolute atomic E-state index is 0.424. The van der Waals surface area contributed by atoms with Gasteiger partial charge in [0.1, 0.15) is 18.0 Å². The molecule has 0 aliphatic carbocycles. The fourth-order valence-corrected chi connectivity index (χ4v) is 0.977. The highest BCUT2D eigenvalue weighted by molar-refractivity contribution is 5.85. The lowest BCUT2D eigenvalue weighted by Crippen LogP contribution is -1.96. The molecule has 0 aromatic carbocycles. The molecule has 0 saturated heterocycles. The fourth-order valence-electron chi connectivity index (χ4n) is 0.977. The largest absolute Gasteiger partial charge is 0.384 e. The molecule has 0 aliphatic heterocycles. The van der Waals surface area contributed by atoms with Gasteiger partial charge in [-0.25, -0.2) is 15.0 Å². The number of pyridine rings is 1. The third-order valence-corrected chi connectivity index (χ3v) is 1.55. The SMILES string of the molecule is Nc1ccc2c(N)ncnc2n1. The second-order valence-electron chi connectivity index (χ2n) is 2.37. The summed E-state index contributed by atoms with van der Waals surface area (Å²) in [4.78, 5) is 11.7. The van der Waals surface area contributed by atoms with Gasteiger partial charge in [-0.2, -0.15) is 0 Å². The third-order valence-electron chi connectivity index (χ3n) is 1.55. The van der Waals surface area contributed by atoms with Crippen molar-refractivity contribution in [2.75, 3.05) is 11.5 Å². The molecule has 5 heteroatoms. The predicted molar refractivity (Wildman–Crippen MR) is 46.2 cm³/mol. The van der Waals surface area contributed by atoms with Crippen LogP contribution in [0.1, 0.15) is 0 Å². The van der Waals surface area contributed by atoms with E-state index in [0.29, 0.717) is 17.3 Å². The molecule has 4 N–H and O–H groups in total. The second-order valence-corrected chi connectivity index (χ2v) is 2.37. The van der Waals surface area contributed by atoms with E-state index >= 15 is 0 Å². The molecule has 60 valence electrons. The second kappa shape index (κ2) is 2.30. The van der Waals surface area contributed by atoms with Crippen molar-refractivity contribution in [2.24, 2.45) is 0 Å². The molecule has 0 aliphatic rings. The van der Waals surface area contributed by atoms with Gasteiger partial charge in [0.05, 0.1) is 5.39 Å². The van der Waals surface area contributed by atoms with Crippen LogP contribution in [0, 0.1) is 0 Å². The Morgan fingerprint density at radius 2 is 1.92 bits per heavy atom. The van der Waals surface area contributed by atoms with Crippen molar-refractivity contribution in [3.8, 4) is 0 Å². The topological polar surface area (TPSA) is 90.7 Å². The predicted octanol–water partition coefficient (Wildman–Crippen LogP) is 0.189. The maximum Gasteiger partial charge on any atom is 0.166 e. The highest BCUT2D eigenvalue weighted by Gasteiger charge is 1.99. The molecule has 0 fully saturated rings. The lowest BCUT2D eigenvalue weighted by Gasteiger charge is -1.98. The maximum atomic E-state index is 5.57. The molecular formula is C7H7N5. The van der Waals surface area contributed by atoms with Gasteiger partial charge >= 0.3 is 0 Å². The van der Waals surface area contributed by atoms with Crippen LogP contribution in [0.4, 0.5) is 11.6 Å². The van der Waals surface area contributed by atoms with E-state index in [4.69, 9.17) is 11.5 Å². The number of rotatable bonds is 0. The minimum Gasteiger partial charge on any atom is -0.384 e. The van der Waals surface area contributed by atoms with Crippen molar-refractivity contribution in [1.29, 1.82) is 0 Å². The lowest BCUT2D eigenvalue weighted by atomic mass is 10.3. The molecule has 0 atom stereocenters. The number of fused-ring (bicyclic) bond motifs is 1. The van der Waals surface area contributed by atoms with Gasteiger partial charge in [0, 0.05) is 0 Å². The first kappa shape index (κ1) is 6.78. The standard InChI is InChI=1S/C7H7N5/c8-5-2-1-4-6(9)10-3-11-7(4)12-5/h1-3H,(H4,8,9,10,11,12). The molecule has 0 spiro atoms. The summed E-state index contributed by atoms with van der Waals surface area (Å²) in [5, 5.41) is 0.728. The molecule has 2 rings (SSSR count). The minimum atomic E-state index is 0.424. The van der Waals surface area contributed by atoms with E-state index in [0.717, 1.165) is 5.39 Å². The molecule has 12 heavy (non-hydrogen) atoms. The van der Waals surface area contributed by atoms with E-state index in [1.807, 2.05) is 0 Å². The smallest absolute Gasteiger partial charge is 0.166 e. The van der Waals surface area contributed by atoms with Gasteiger partial charge in [-0.15, -0.1) is 0 Å². The summed E-state index contributed by atoms with van der Waals surface area (Å²) in [6.45, 7) is 0. The van der Waals surface area contributed by atoms with E-state index < -0.39 is 0 Å². The first-order chi connectivity index (χ1) is 5.77. The third kappa shape index (κ3) is 0.914. The fraction of sp³-hybridized carbons (Fsp3) is 0. The van der Waals surface area contributed by atoms with Gasteiger partial charge in [0.25, 0.3) is 0 Å². The summed E-state index contributed by atoms with van der Waals surface area (Å²) < 4.78 is 0. The van der Waals surface area contributed by atoms with Gasteiger partial charge in [0.15, 0.2) is 5.65 Å². The summed E-state index contributed by atoms with van der Waals surface area (Å²) in [6, 6.07) is 3.43. The Bertz CT molecular complexity index is 425. The zero-order valence-electron chi connectivity index (χ0n) is 6.23. The molecule has 0 unspecified atom stereocenters. The van der Waals surface area contributed by atoms with Crippen LogP contribution >= 0.6 is 0 Å². The number of aromatic nitrogens is 3. The average molecular weight is 161 g/mol. The molecule has 0 saturated carbocycles. The summed E-state index contributed by atoms with van der Waals surface area (Å²) in [5.74, 6) is 0.855. The highest BCUT2D eigenvalue weighted by Crippen LogP contribution is 2.14. The Balaban J connectivity index is 2.86. The maximum absolute atomic E-state index is 5.57. The summed E-state index contributed by atoms with van der Waals surface area (Å²) in [5.41, 5.74) is 11.6. The quantitative estimate of drug-likeness (QED) is 0.575. The van der Waals surface area contributed by atoms with E-state index in [9.17, 15) is 0 Å². The molecule has 0 radical (unpaired) electrons. The van der Waals surface area contributed by atoms with Crippen molar-refractivity contribution in [2.45, 2.75) is 0 Å². The van der Waals surface area contributed by atoms with Crippen LogP contribution in [0.3, 0.4) is 0 Å². The number of anilines is 2. The van der Waals surface area contributed by atoms with Crippen LogP contribution in [-0.4, -0.2) is 15.0 Å². The van der Waals surface area contributed by atoms with Crippen molar-refractivity contribution in [1.82, 2.24) is 15.0 Å². The molecule has 2 heterocycles. The number of hydrogen-bond acceptors (Lipinski definition) is 5. The van der Waals surface area contributed by atoms with Crippen LogP contribution in [0.2, 0.25) is 0 Å². The highest BCUT2D eigenvalue weighted by atomic mass is 15.0. The Morgan fingerprint density at radius 1 is 1.08 bits per heavy atom. The van der Waals surface area contributed by atoms with Gasteiger partial charge < -0.3 is 11.5 Å². The zero-order chi connectivity index (χ0) is 8.55. The number of nitrogens with zero attached hydrogens (tertiary/aromatic N) is 3. The zero-order valence-corrected chi connectivity index (χ0v) is 6.23. The monoisotopic (exact) mass is 161 g/mol. The van der Waals surface area contributed by atoms with E-state index in [2.05, 4.69) is 15.0 Å². The van der Waals surface area contributed by atoms with Crippen LogP contribution in [0.15, 0.2) is 18.5 Å². The van der Waals surface area contributed by atoms with Crippen LogP contribution in [0.25, 0.3) is 11.0 Å². The van der Waals surface area contributed by atoms with Gasteiger partial charge in [-0.1, -0.05) is 0 Å². The van der Waals surface area contributed by atoms with Crippen molar-refractivity contribution in [3.63, 3.8) is 0 Å². The molecular weight excluding hydrogens is 154 g/mol. The summed E-state index contributed by atoms with van der Waals surface area (Å²) in [7, 11) is 0. The van der Waals surface area contributed by atoms with Crippen LogP contribution in [0.5, 0.6) is 0 Å². The number of nitrogen functional groups attached to an aromatic ring is 2. The van der Waals surface area contributed by atoms with Crippen LogP contribution in [-0.2, 0) is 0 Å². The molecule has 0 bridgehead atoms. The average Bonchev–Trinajstić information content (AvgIpc) is 2.04. The molecule has 2 aromatic heterocycles. The molecule has 2 aromatic rings. The van der Waals surface area contributed by atoms with Crippen LogP contribution < -0.4 is 11.5 Å². The van der Waals surface area contributed by atoms with Crippen molar-refractivity contribution < 1.29 is 0 Å². The Labute approximate surface area is 68.5 Å². The van der Waals surface area contributed by atoms with Crippen molar-refractivity contribution >= 4 is 22.7 Å². The summed E-state index contributed by atoms with van der Waals surface area (Å²) >= 11 is 0. The van der Waals surface area contributed by atoms with E-state index in [-0.39, 0.29) is 0 Å². The number of hydrogen-bond donors (Lipinski definition) is 2. The Kier molecular flexibility index (Phi) is 1.30. The summed E-state index contributed by atoms with van der Waals surface area (Å²) in [6.07, 6.45) is 1.37. The lowest BCUT2D eigenvalue weighted by molar-refractivity contribution is 1.19. The molecule has 0 amide bonds. The first-order valence-electron chi connectivity index (χ1n) is 3.40. The Morgan fingerprint density at radius 3 is 2.75 bits per heavy atom. The van der Waals surface area contributed by atoms with Crippen molar-refractivity contribution in [3.05, 3.63) is 18.5 Å². The first-order valence-corrected chi connectivity index (χ1v) is 3.40. The van der Waals surface area contributed by atoms with Gasteiger partial charge in [0.2, 0.25) is 0 Å². The van der Waals surface area contributed by atoms with E-state index in [1.54, 1.807) is 12.1 Å². The normalized spacial score (nSPS) is 10.3. The van der Waals surface area contributed by atoms with Gasteiger partial charge in [-0.3, -0.25) is 0 Å². The number of nitrogens with two attached hydrogens (primary N) is 2. The molecule has 5 nitrogen and oxygen atoms in total. The Hall–Kier alpha value is -1.91. The van der Waals surface area contributed by atoms with Gasteiger partial charge in [-0.05, 0) is 12.1 Å².